The second kappa shape index (κ2) is 5.91. The van der Waals surface area contributed by atoms with Crippen LogP contribution in [-0.4, -0.2) is 57.1 Å². The Balaban J connectivity index is 1.38. The number of H-pyrrole nitrogens is 1. The first-order chi connectivity index (χ1) is 12.6. The summed E-state index contributed by atoms with van der Waals surface area (Å²) in [5, 5.41) is 7.70. The largest absolute Gasteiger partial charge is 0.342 e. The average molecular weight is 351 g/mol. The maximum absolute atomic E-state index is 11.8. The van der Waals surface area contributed by atoms with Gasteiger partial charge in [0.05, 0.1) is 0 Å². The Morgan fingerprint density at radius 3 is 2.69 bits per heavy atom. The van der Waals surface area contributed by atoms with Gasteiger partial charge in [0.25, 0.3) is 0 Å². The van der Waals surface area contributed by atoms with Crippen molar-refractivity contribution in [3.8, 4) is 0 Å². The SMILES string of the molecule is CC(=O)N1CC2(CN(Cc3ccccc3)CC2c2nc(C3CC3)n[nH]2)C1. The van der Waals surface area contributed by atoms with E-state index in [2.05, 4.69) is 45.4 Å². The molecule has 136 valence electrons. The molecule has 6 heteroatoms. The molecule has 1 saturated carbocycles. The van der Waals surface area contributed by atoms with Gasteiger partial charge in [-0.2, -0.15) is 5.10 Å². The van der Waals surface area contributed by atoms with E-state index in [9.17, 15) is 4.79 Å². The van der Waals surface area contributed by atoms with E-state index in [1.54, 1.807) is 6.92 Å². The first-order valence-electron chi connectivity index (χ1n) is 9.57. The van der Waals surface area contributed by atoms with Crippen molar-refractivity contribution in [1.82, 2.24) is 25.0 Å². The fourth-order valence-electron chi connectivity index (χ4n) is 4.64. The lowest BCUT2D eigenvalue weighted by atomic mass is 9.71. The van der Waals surface area contributed by atoms with Crippen molar-refractivity contribution >= 4 is 5.91 Å². The third-order valence-electron chi connectivity index (χ3n) is 6.22. The topological polar surface area (TPSA) is 65.1 Å². The molecular weight excluding hydrogens is 326 g/mol. The molecule has 2 saturated heterocycles. The van der Waals surface area contributed by atoms with Crippen LogP contribution >= 0.6 is 0 Å². The Morgan fingerprint density at radius 1 is 1.23 bits per heavy atom. The summed E-state index contributed by atoms with van der Waals surface area (Å²) in [5.41, 5.74) is 1.45. The van der Waals surface area contributed by atoms with Crippen LogP contribution in [0.25, 0.3) is 0 Å². The highest BCUT2D eigenvalue weighted by molar-refractivity contribution is 5.74. The molecule has 26 heavy (non-hydrogen) atoms. The average Bonchev–Trinajstić information content (AvgIpc) is 3.20. The molecule has 1 unspecified atom stereocenters. The summed E-state index contributed by atoms with van der Waals surface area (Å²) in [6.07, 6.45) is 2.43. The summed E-state index contributed by atoms with van der Waals surface area (Å²) < 4.78 is 0. The summed E-state index contributed by atoms with van der Waals surface area (Å²) in [5.74, 6) is 3.06. The lowest BCUT2D eigenvalue weighted by Gasteiger charge is -2.50. The molecule has 1 N–H and O–H groups in total. The van der Waals surface area contributed by atoms with Crippen molar-refractivity contribution in [3.63, 3.8) is 0 Å². The maximum atomic E-state index is 11.8. The Hall–Kier alpha value is -2.21. The zero-order chi connectivity index (χ0) is 17.7. The van der Waals surface area contributed by atoms with E-state index in [4.69, 9.17) is 4.98 Å². The van der Waals surface area contributed by atoms with Crippen LogP contribution in [0.2, 0.25) is 0 Å². The summed E-state index contributed by atoms with van der Waals surface area (Å²) in [6.45, 7) is 6.26. The van der Waals surface area contributed by atoms with Gasteiger partial charge in [-0.05, 0) is 18.4 Å². The quantitative estimate of drug-likeness (QED) is 0.916. The number of aromatic amines is 1. The molecule has 2 aliphatic heterocycles. The zero-order valence-electron chi connectivity index (χ0n) is 15.2. The number of benzene rings is 1. The molecule has 6 nitrogen and oxygen atoms in total. The Labute approximate surface area is 153 Å². The van der Waals surface area contributed by atoms with Gasteiger partial charge in [0.1, 0.15) is 5.82 Å². The number of hydrogen-bond acceptors (Lipinski definition) is 4. The Kier molecular flexibility index (Phi) is 3.64. The van der Waals surface area contributed by atoms with Gasteiger partial charge in [0.2, 0.25) is 5.91 Å². The molecule has 3 heterocycles. The second-order valence-corrected chi connectivity index (χ2v) is 8.30. The monoisotopic (exact) mass is 351 g/mol. The molecule has 3 fully saturated rings. The zero-order valence-corrected chi connectivity index (χ0v) is 15.2. The number of nitrogens with zero attached hydrogens (tertiary/aromatic N) is 4. The first kappa shape index (κ1) is 16.0. The van der Waals surface area contributed by atoms with E-state index in [1.165, 1.54) is 18.4 Å². The van der Waals surface area contributed by atoms with Gasteiger partial charge in [-0.1, -0.05) is 30.3 Å². The van der Waals surface area contributed by atoms with Crippen molar-refractivity contribution in [2.75, 3.05) is 26.2 Å². The van der Waals surface area contributed by atoms with E-state index in [0.717, 1.165) is 44.4 Å². The molecule has 1 atom stereocenters. The number of nitrogens with one attached hydrogen (secondary N) is 1. The summed E-state index contributed by atoms with van der Waals surface area (Å²) in [7, 11) is 0. The van der Waals surface area contributed by atoms with Crippen LogP contribution in [0, 0.1) is 5.41 Å². The van der Waals surface area contributed by atoms with Crippen molar-refractivity contribution in [2.24, 2.45) is 5.41 Å². The third-order valence-corrected chi connectivity index (χ3v) is 6.22. The molecule has 2 aromatic rings. The minimum atomic E-state index is 0.112. The number of carbonyl (C=O) groups is 1. The maximum Gasteiger partial charge on any atom is 0.219 e. The molecule has 1 amide bonds. The van der Waals surface area contributed by atoms with Gasteiger partial charge in [-0.3, -0.25) is 14.8 Å². The van der Waals surface area contributed by atoms with Crippen LogP contribution in [0.15, 0.2) is 30.3 Å². The van der Waals surface area contributed by atoms with Gasteiger partial charge in [0.15, 0.2) is 5.82 Å². The van der Waals surface area contributed by atoms with Crippen molar-refractivity contribution in [3.05, 3.63) is 47.5 Å². The highest BCUT2D eigenvalue weighted by atomic mass is 16.2. The van der Waals surface area contributed by atoms with Gasteiger partial charge >= 0.3 is 0 Å². The van der Waals surface area contributed by atoms with Crippen LogP contribution < -0.4 is 0 Å². The number of aromatic nitrogens is 3. The molecule has 0 bridgehead atoms. The van der Waals surface area contributed by atoms with E-state index in [1.807, 2.05) is 4.90 Å². The molecule has 5 rings (SSSR count). The minimum absolute atomic E-state index is 0.112. The second-order valence-electron chi connectivity index (χ2n) is 8.30. The minimum Gasteiger partial charge on any atom is -0.342 e. The molecule has 1 aromatic carbocycles. The van der Waals surface area contributed by atoms with Gasteiger partial charge in [-0.25, -0.2) is 4.98 Å². The van der Waals surface area contributed by atoms with Crippen LogP contribution in [0.1, 0.15) is 48.8 Å². The number of hydrogen-bond donors (Lipinski definition) is 1. The van der Waals surface area contributed by atoms with Crippen molar-refractivity contribution in [2.45, 2.75) is 38.1 Å². The molecule has 0 radical (unpaired) electrons. The molecule has 1 spiro atoms. The van der Waals surface area contributed by atoms with E-state index in [-0.39, 0.29) is 11.3 Å². The standard InChI is InChI=1S/C20H25N5O/c1-14(26)25-12-20(13-25)11-24(9-15-5-3-2-4-6-15)10-17(20)19-21-18(22-23-19)16-7-8-16/h2-6,16-17H,7-13H2,1H3,(H,21,22,23). The Morgan fingerprint density at radius 2 is 2.00 bits per heavy atom. The fraction of sp³-hybridized carbons (Fsp3) is 0.550. The summed E-state index contributed by atoms with van der Waals surface area (Å²) >= 11 is 0. The summed E-state index contributed by atoms with van der Waals surface area (Å²) in [6, 6.07) is 10.6. The number of likely N-dealkylation sites (tertiary alicyclic amines) is 2. The lowest BCUT2D eigenvalue weighted by Crippen LogP contribution is -2.61. The van der Waals surface area contributed by atoms with Crippen LogP contribution in [0.5, 0.6) is 0 Å². The smallest absolute Gasteiger partial charge is 0.219 e. The summed E-state index contributed by atoms with van der Waals surface area (Å²) in [4.78, 5) is 21.1. The molecular formula is C20H25N5O. The van der Waals surface area contributed by atoms with E-state index in [0.29, 0.717) is 11.8 Å². The number of rotatable bonds is 4. The number of amides is 1. The van der Waals surface area contributed by atoms with Gasteiger partial charge < -0.3 is 4.90 Å². The normalized spacial score (nSPS) is 24.8. The van der Waals surface area contributed by atoms with E-state index >= 15 is 0 Å². The van der Waals surface area contributed by atoms with Crippen LogP contribution in [0.3, 0.4) is 0 Å². The first-order valence-corrected chi connectivity index (χ1v) is 9.57. The highest BCUT2D eigenvalue weighted by Gasteiger charge is 2.56. The number of carbonyl (C=O) groups excluding carboxylic acids is 1. The molecule has 1 aromatic heterocycles. The molecule has 1 aliphatic carbocycles. The lowest BCUT2D eigenvalue weighted by molar-refractivity contribution is -0.141. The van der Waals surface area contributed by atoms with Crippen LogP contribution in [0.4, 0.5) is 0 Å². The predicted octanol–water partition coefficient (Wildman–Crippen LogP) is 2.13. The third kappa shape index (κ3) is 2.72. The van der Waals surface area contributed by atoms with Gasteiger partial charge in [0, 0.05) is 56.9 Å². The van der Waals surface area contributed by atoms with Crippen molar-refractivity contribution < 1.29 is 4.79 Å². The highest BCUT2D eigenvalue weighted by Crippen LogP contribution is 2.49. The van der Waals surface area contributed by atoms with E-state index < -0.39 is 0 Å². The van der Waals surface area contributed by atoms with Gasteiger partial charge in [-0.15, -0.1) is 0 Å². The Bertz CT molecular complexity index is 807. The van der Waals surface area contributed by atoms with Crippen molar-refractivity contribution in [1.29, 1.82) is 0 Å². The molecule has 3 aliphatic rings. The van der Waals surface area contributed by atoms with Crippen LogP contribution in [-0.2, 0) is 11.3 Å². The fourth-order valence-corrected chi connectivity index (χ4v) is 4.64. The predicted molar refractivity (Wildman–Crippen MR) is 97.5 cm³/mol.